The molecular formula is C14H21NO. The predicted octanol–water partition coefficient (Wildman–Crippen LogP) is 3.19. The van der Waals surface area contributed by atoms with Crippen molar-refractivity contribution in [3.63, 3.8) is 0 Å². The van der Waals surface area contributed by atoms with Crippen LogP contribution in [0, 0.1) is 5.41 Å². The first-order chi connectivity index (χ1) is 7.48. The first-order valence-corrected chi connectivity index (χ1v) is 6.01. The van der Waals surface area contributed by atoms with E-state index in [1.54, 1.807) is 12.1 Å². The first-order valence-electron chi connectivity index (χ1n) is 6.01. The Morgan fingerprint density at radius 2 is 1.88 bits per heavy atom. The van der Waals surface area contributed by atoms with Gasteiger partial charge >= 0.3 is 0 Å². The standard InChI is InChI=1S/C14H21NO/c1-11(12-4-6-13(16)7-5-12)15-9-8-14(2,3)10-15/h4-7,11,16H,8-10H2,1-3H3. The van der Waals surface area contributed by atoms with Crippen LogP contribution in [-0.2, 0) is 0 Å². The summed E-state index contributed by atoms with van der Waals surface area (Å²) in [6.45, 7) is 9.24. The van der Waals surface area contributed by atoms with Gasteiger partial charge in [-0.2, -0.15) is 0 Å². The highest BCUT2D eigenvalue weighted by atomic mass is 16.3. The van der Waals surface area contributed by atoms with E-state index in [1.165, 1.54) is 18.5 Å². The molecular weight excluding hydrogens is 198 g/mol. The van der Waals surface area contributed by atoms with Crippen LogP contribution in [0.4, 0.5) is 0 Å². The van der Waals surface area contributed by atoms with Crippen molar-refractivity contribution in [1.82, 2.24) is 4.90 Å². The Bertz CT molecular complexity index is 356. The highest BCUT2D eigenvalue weighted by Crippen LogP contribution is 2.34. The third-order valence-corrected chi connectivity index (χ3v) is 3.63. The minimum atomic E-state index is 0.345. The fraction of sp³-hybridized carbons (Fsp3) is 0.571. The second kappa shape index (κ2) is 4.10. The average molecular weight is 219 g/mol. The molecule has 0 radical (unpaired) electrons. The third-order valence-electron chi connectivity index (χ3n) is 3.63. The summed E-state index contributed by atoms with van der Waals surface area (Å²) >= 11 is 0. The molecule has 2 heteroatoms. The number of nitrogens with zero attached hydrogens (tertiary/aromatic N) is 1. The molecule has 1 N–H and O–H groups in total. The lowest BCUT2D eigenvalue weighted by molar-refractivity contribution is 0.232. The summed E-state index contributed by atoms with van der Waals surface area (Å²) in [4.78, 5) is 2.52. The second-order valence-corrected chi connectivity index (χ2v) is 5.65. The normalized spacial score (nSPS) is 22.2. The summed E-state index contributed by atoms with van der Waals surface area (Å²) in [5.41, 5.74) is 1.74. The maximum Gasteiger partial charge on any atom is 0.115 e. The van der Waals surface area contributed by atoms with Crippen molar-refractivity contribution < 1.29 is 5.11 Å². The Labute approximate surface area is 97.9 Å². The number of hydrogen-bond donors (Lipinski definition) is 1. The summed E-state index contributed by atoms with van der Waals surface area (Å²) in [7, 11) is 0. The quantitative estimate of drug-likeness (QED) is 0.825. The van der Waals surface area contributed by atoms with E-state index in [0.717, 1.165) is 6.54 Å². The third kappa shape index (κ3) is 2.38. The van der Waals surface area contributed by atoms with E-state index in [1.807, 2.05) is 12.1 Å². The molecule has 1 aliphatic rings. The number of hydrogen-bond acceptors (Lipinski definition) is 2. The average Bonchev–Trinajstić information content (AvgIpc) is 2.59. The molecule has 1 saturated heterocycles. The Hall–Kier alpha value is -1.02. The molecule has 1 aromatic carbocycles. The van der Waals surface area contributed by atoms with Crippen molar-refractivity contribution >= 4 is 0 Å². The van der Waals surface area contributed by atoms with Gasteiger partial charge in [0.15, 0.2) is 0 Å². The van der Waals surface area contributed by atoms with Gasteiger partial charge in [0.2, 0.25) is 0 Å². The molecule has 0 aliphatic carbocycles. The van der Waals surface area contributed by atoms with Gasteiger partial charge < -0.3 is 5.11 Å². The summed E-state index contributed by atoms with van der Waals surface area (Å²) in [5, 5.41) is 9.27. The zero-order chi connectivity index (χ0) is 11.8. The predicted molar refractivity (Wildman–Crippen MR) is 66.5 cm³/mol. The summed E-state index contributed by atoms with van der Waals surface area (Å²) in [6.07, 6.45) is 1.27. The topological polar surface area (TPSA) is 23.5 Å². The summed E-state index contributed by atoms with van der Waals surface area (Å²) < 4.78 is 0. The molecule has 1 unspecified atom stereocenters. The van der Waals surface area contributed by atoms with E-state index >= 15 is 0 Å². The van der Waals surface area contributed by atoms with Gasteiger partial charge in [-0.25, -0.2) is 0 Å². The lowest BCUT2D eigenvalue weighted by Gasteiger charge is -2.26. The Kier molecular flexibility index (Phi) is 2.94. The van der Waals surface area contributed by atoms with Crippen LogP contribution in [0.3, 0.4) is 0 Å². The molecule has 2 rings (SSSR count). The van der Waals surface area contributed by atoms with Crippen LogP contribution in [0.1, 0.15) is 38.8 Å². The number of benzene rings is 1. The molecule has 2 nitrogen and oxygen atoms in total. The molecule has 88 valence electrons. The highest BCUT2D eigenvalue weighted by molar-refractivity contribution is 5.27. The van der Waals surface area contributed by atoms with Crippen LogP contribution in [0.25, 0.3) is 0 Å². The van der Waals surface area contributed by atoms with Gasteiger partial charge in [0.1, 0.15) is 5.75 Å². The maximum absolute atomic E-state index is 9.27. The Morgan fingerprint density at radius 1 is 1.25 bits per heavy atom. The Balaban J connectivity index is 2.08. The van der Waals surface area contributed by atoms with Gasteiger partial charge in [-0.3, -0.25) is 4.90 Å². The fourth-order valence-electron chi connectivity index (χ4n) is 2.45. The van der Waals surface area contributed by atoms with Crippen molar-refractivity contribution in [3.05, 3.63) is 29.8 Å². The SMILES string of the molecule is CC(c1ccc(O)cc1)N1CCC(C)(C)C1. The maximum atomic E-state index is 9.27. The van der Waals surface area contributed by atoms with Gasteiger partial charge in [0.25, 0.3) is 0 Å². The highest BCUT2D eigenvalue weighted by Gasteiger charge is 2.31. The zero-order valence-electron chi connectivity index (χ0n) is 10.4. The van der Waals surface area contributed by atoms with E-state index in [4.69, 9.17) is 0 Å². The fourth-order valence-corrected chi connectivity index (χ4v) is 2.45. The number of rotatable bonds is 2. The van der Waals surface area contributed by atoms with Gasteiger partial charge in [-0.15, -0.1) is 0 Å². The minimum absolute atomic E-state index is 0.345. The molecule has 1 heterocycles. The lowest BCUT2D eigenvalue weighted by atomic mass is 9.93. The van der Waals surface area contributed by atoms with Crippen molar-refractivity contribution in [2.75, 3.05) is 13.1 Å². The van der Waals surface area contributed by atoms with Crippen molar-refractivity contribution in [3.8, 4) is 5.75 Å². The molecule has 0 amide bonds. The van der Waals surface area contributed by atoms with Crippen LogP contribution in [-0.4, -0.2) is 23.1 Å². The smallest absolute Gasteiger partial charge is 0.115 e. The molecule has 1 atom stereocenters. The zero-order valence-corrected chi connectivity index (χ0v) is 10.4. The molecule has 0 bridgehead atoms. The van der Waals surface area contributed by atoms with Crippen LogP contribution in [0.5, 0.6) is 5.75 Å². The summed E-state index contributed by atoms with van der Waals surface area (Å²) in [6, 6.07) is 8.03. The van der Waals surface area contributed by atoms with Gasteiger partial charge in [-0.05, 0) is 43.0 Å². The lowest BCUT2D eigenvalue weighted by Crippen LogP contribution is -2.26. The minimum Gasteiger partial charge on any atom is -0.508 e. The van der Waals surface area contributed by atoms with E-state index in [2.05, 4.69) is 25.7 Å². The van der Waals surface area contributed by atoms with Crippen LogP contribution in [0.2, 0.25) is 0 Å². The number of aromatic hydroxyl groups is 1. The van der Waals surface area contributed by atoms with Crippen molar-refractivity contribution in [1.29, 1.82) is 0 Å². The van der Waals surface area contributed by atoms with Crippen molar-refractivity contribution in [2.24, 2.45) is 5.41 Å². The van der Waals surface area contributed by atoms with Crippen LogP contribution in [0.15, 0.2) is 24.3 Å². The molecule has 1 fully saturated rings. The van der Waals surface area contributed by atoms with Gasteiger partial charge in [0, 0.05) is 12.6 Å². The molecule has 0 aromatic heterocycles. The van der Waals surface area contributed by atoms with Crippen LogP contribution >= 0.6 is 0 Å². The monoisotopic (exact) mass is 219 g/mol. The first kappa shape index (κ1) is 11.5. The molecule has 1 aliphatic heterocycles. The van der Waals surface area contributed by atoms with Crippen LogP contribution < -0.4 is 0 Å². The summed E-state index contributed by atoms with van der Waals surface area (Å²) in [5.74, 6) is 0.345. The van der Waals surface area contributed by atoms with E-state index in [9.17, 15) is 5.11 Å². The van der Waals surface area contributed by atoms with Gasteiger partial charge in [0.05, 0.1) is 0 Å². The molecule has 1 aromatic rings. The number of likely N-dealkylation sites (tertiary alicyclic amines) is 1. The van der Waals surface area contributed by atoms with E-state index < -0.39 is 0 Å². The molecule has 0 saturated carbocycles. The van der Waals surface area contributed by atoms with E-state index in [0.29, 0.717) is 17.2 Å². The van der Waals surface area contributed by atoms with Gasteiger partial charge in [-0.1, -0.05) is 26.0 Å². The Morgan fingerprint density at radius 3 is 2.38 bits per heavy atom. The molecule has 16 heavy (non-hydrogen) atoms. The molecule has 0 spiro atoms. The number of phenolic OH excluding ortho intramolecular Hbond substituents is 1. The number of phenols is 1. The van der Waals surface area contributed by atoms with Crippen molar-refractivity contribution in [2.45, 2.75) is 33.2 Å². The largest absolute Gasteiger partial charge is 0.508 e. The van der Waals surface area contributed by atoms with E-state index in [-0.39, 0.29) is 0 Å². The second-order valence-electron chi connectivity index (χ2n) is 5.65.